The molecule has 1 aromatic carbocycles. The van der Waals surface area contributed by atoms with Crippen LogP contribution in [0.15, 0.2) is 29.2 Å². The minimum absolute atomic E-state index is 0.166. The molecule has 0 radical (unpaired) electrons. The van der Waals surface area contributed by atoms with Crippen LogP contribution in [0, 0.1) is 5.41 Å². The molecule has 20 heavy (non-hydrogen) atoms. The van der Waals surface area contributed by atoms with Crippen LogP contribution in [0.1, 0.15) is 46.5 Å². The average Bonchev–Trinajstić information content (AvgIpc) is 2.36. The first-order chi connectivity index (χ1) is 9.26. The number of benzene rings is 1. The lowest BCUT2D eigenvalue weighted by Gasteiger charge is -2.26. The summed E-state index contributed by atoms with van der Waals surface area (Å²) in [6.07, 6.45) is 6.09. The van der Waals surface area contributed by atoms with E-state index < -0.39 is 9.84 Å². The summed E-state index contributed by atoms with van der Waals surface area (Å²) < 4.78 is 23.5. The third kappa shape index (κ3) is 5.53. The van der Waals surface area contributed by atoms with Gasteiger partial charge in [0.1, 0.15) is 0 Å². The van der Waals surface area contributed by atoms with Crippen LogP contribution < -0.4 is 5.32 Å². The van der Waals surface area contributed by atoms with Crippen molar-refractivity contribution in [2.75, 3.05) is 18.1 Å². The molecule has 0 spiro atoms. The van der Waals surface area contributed by atoms with E-state index in [2.05, 4.69) is 26.1 Å². The Morgan fingerprint density at radius 2 is 1.80 bits per heavy atom. The molecule has 1 aromatic rings. The molecular weight excluding hydrogens is 270 g/mol. The fourth-order valence-electron chi connectivity index (χ4n) is 2.21. The van der Waals surface area contributed by atoms with E-state index in [9.17, 15) is 8.42 Å². The molecule has 0 bridgehead atoms. The molecule has 1 N–H and O–H groups in total. The highest BCUT2D eigenvalue weighted by Gasteiger charge is 2.19. The standard InChI is InChI=1S/C16H27NO2S/c1-5-6-9-12-16(2,3)13-17-14-10-7-8-11-15(14)20(4,18)19/h7-8,10-11,17H,5-6,9,12-13H2,1-4H3. The van der Waals surface area contributed by atoms with Gasteiger partial charge in [-0.2, -0.15) is 0 Å². The molecule has 3 nitrogen and oxygen atoms in total. The van der Waals surface area contributed by atoms with Gasteiger partial charge >= 0.3 is 0 Å². The number of para-hydroxylation sites is 1. The highest BCUT2D eigenvalue weighted by atomic mass is 32.2. The van der Waals surface area contributed by atoms with Crippen molar-refractivity contribution in [3.63, 3.8) is 0 Å². The maximum absolute atomic E-state index is 11.7. The zero-order valence-corrected chi connectivity index (χ0v) is 13.9. The smallest absolute Gasteiger partial charge is 0.177 e. The molecule has 0 atom stereocenters. The van der Waals surface area contributed by atoms with Crippen LogP contribution in [0.5, 0.6) is 0 Å². The first-order valence-electron chi connectivity index (χ1n) is 7.29. The van der Waals surface area contributed by atoms with E-state index in [1.807, 2.05) is 12.1 Å². The van der Waals surface area contributed by atoms with Crippen LogP contribution >= 0.6 is 0 Å². The number of anilines is 1. The molecule has 0 saturated carbocycles. The third-order valence-corrected chi connectivity index (χ3v) is 4.66. The molecule has 114 valence electrons. The summed E-state index contributed by atoms with van der Waals surface area (Å²) in [5.74, 6) is 0. The van der Waals surface area contributed by atoms with E-state index in [4.69, 9.17) is 0 Å². The number of rotatable bonds is 8. The molecule has 1 rings (SSSR count). The number of hydrogen-bond acceptors (Lipinski definition) is 3. The predicted octanol–water partition coefficient (Wildman–Crippen LogP) is 4.11. The van der Waals surface area contributed by atoms with Crippen molar-refractivity contribution in [1.82, 2.24) is 0 Å². The van der Waals surface area contributed by atoms with Crippen molar-refractivity contribution < 1.29 is 8.42 Å². The maximum Gasteiger partial charge on any atom is 0.177 e. The van der Waals surface area contributed by atoms with Crippen LogP contribution in [0.4, 0.5) is 5.69 Å². The van der Waals surface area contributed by atoms with Gasteiger partial charge in [-0.15, -0.1) is 0 Å². The first-order valence-corrected chi connectivity index (χ1v) is 9.18. The molecule has 0 fully saturated rings. The SMILES string of the molecule is CCCCCC(C)(C)CNc1ccccc1S(C)(=O)=O. The van der Waals surface area contributed by atoms with E-state index in [-0.39, 0.29) is 5.41 Å². The number of hydrogen-bond donors (Lipinski definition) is 1. The zero-order chi connectivity index (χ0) is 15.2. The minimum Gasteiger partial charge on any atom is -0.383 e. The Kier molecular flexibility index (Phi) is 6.06. The zero-order valence-electron chi connectivity index (χ0n) is 13.1. The largest absolute Gasteiger partial charge is 0.383 e. The lowest BCUT2D eigenvalue weighted by atomic mass is 9.87. The second-order valence-corrected chi connectivity index (χ2v) is 8.23. The molecule has 0 aliphatic rings. The van der Waals surface area contributed by atoms with Gasteiger partial charge in [0, 0.05) is 12.8 Å². The van der Waals surface area contributed by atoms with E-state index in [0.29, 0.717) is 10.6 Å². The maximum atomic E-state index is 11.7. The Labute approximate surface area is 123 Å². The molecule has 0 heterocycles. The Hall–Kier alpha value is -1.03. The van der Waals surface area contributed by atoms with Crippen molar-refractivity contribution >= 4 is 15.5 Å². The monoisotopic (exact) mass is 297 g/mol. The molecule has 0 saturated heterocycles. The Bertz CT molecular complexity index is 521. The lowest BCUT2D eigenvalue weighted by Crippen LogP contribution is -2.23. The van der Waals surface area contributed by atoms with E-state index >= 15 is 0 Å². The van der Waals surface area contributed by atoms with Gasteiger partial charge in [-0.05, 0) is 24.0 Å². The summed E-state index contributed by atoms with van der Waals surface area (Å²) in [4.78, 5) is 0.379. The van der Waals surface area contributed by atoms with E-state index in [1.165, 1.54) is 25.5 Å². The molecule has 0 aliphatic heterocycles. The Morgan fingerprint density at radius 1 is 1.15 bits per heavy atom. The van der Waals surface area contributed by atoms with Gasteiger partial charge in [-0.1, -0.05) is 52.2 Å². The molecule has 0 amide bonds. The van der Waals surface area contributed by atoms with Crippen LogP contribution in [0.2, 0.25) is 0 Å². The Balaban J connectivity index is 2.70. The summed E-state index contributed by atoms with van der Waals surface area (Å²) in [7, 11) is -3.18. The highest BCUT2D eigenvalue weighted by Crippen LogP contribution is 2.26. The average molecular weight is 297 g/mol. The van der Waals surface area contributed by atoms with Gasteiger partial charge in [0.15, 0.2) is 9.84 Å². The van der Waals surface area contributed by atoms with Crippen molar-refractivity contribution in [3.8, 4) is 0 Å². The minimum atomic E-state index is -3.18. The van der Waals surface area contributed by atoms with Gasteiger partial charge in [-0.25, -0.2) is 8.42 Å². The van der Waals surface area contributed by atoms with Crippen molar-refractivity contribution in [3.05, 3.63) is 24.3 Å². The Morgan fingerprint density at radius 3 is 2.40 bits per heavy atom. The van der Waals surface area contributed by atoms with Gasteiger partial charge in [0.05, 0.1) is 10.6 Å². The first kappa shape index (κ1) is 17.0. The van der Waals surface area contributed by atoms with Gasteiger partial charge < -0.3 is 5.32 Å². The molecule has 0 aliphatic carbocycles. The van der Waals surface area contributed by atoms with Gasteiger partial charge in [0.25, 0.3) is 0 Å². The topological polar surface area (TPSA) is 46.2 Å². The lowest BCUT2D eigenvalue weighted by molar-refractivity contribution is 0.342. The number of nitrogens with one attached hydrogen (secondary N) is 1. The second-order valence-electron chi connectivity index (χ2n) is 6.24. The molecule has 4 heteroatoms. The van der Waals surface area contributed by atoms with Gasteiger partial charge in [0.2, 0.25) is 0 Å². The molecular formula is C16H27NO2S. The number of unbranched alkanes of at least 4 members (excludes halogenated alkanes) is 2. The number of sulfone groups is 1. The van der Waals surface area contributed by atoms with Crippen molar-refractivity contribution in [2.24, 2.45) is 5.41 Å². The summed E-state index contributed by atoms with van der Waals surface area (Å²) >= 11 is 0. The summed E-state index contributed by atoms with van der Waals surface area (Å²) in [6, 6.07) is 7.11. The van der Waals surface area contributed by atoms with Crippen LogP contribution in [-0.4, -0.2) is 21.2 Å². The second kappa shape index (κ2) is 7.11. The summed E-state index contributed by atoms with van der Waals surface area (Å²) in [6.45, 7) is 7.42. The van der Waals surface area contributed by atoms with Crippen LogP contribution in [0.3, 0.4) is 0 Å². The quantitative estimate of drug-likeness (QED) is 0.735. The van der Waals surface area contributed by atoms with Crippen LogP contribution in [0.25, 0.3) is 0 Å². The van der Waals surface area contributed by atoms with Crippen molar-refractivity contribution in [2.45, 2.75) is 51.3 Å². The fraction of sp³-hybridized carbons (Fsp3) is 0.625. The normalized spacial score (nSPS) is 12.4. The summed E-state index contributed by atoms with van der Waals surface area (Å²) in [5, 5.41) is 3.31. The van der Waals surface area contributed by atoms with Gasteiger partial charge in [-0.3, -0.25) is 0 Å². The molecule has 0 aromatic heterocycles. The van der Waals surface area contributed by atoms with E-state index in [1.54, 1.807) is 12.1 Å². The van der Waals surface area contributed by atoms with Crippen LogP contribution in [-0.2, 0) is 9.84 Å². The van der Waals surface area contributed by atoms with Crippen molar-refractivity contribution in [1.29, 1.82) is 0 Å². The predicted molar refractivity (Wildman–Crippen MR) is 86.0 cm³/mol. The fourth-order valence-corrected chi connectivity index (χ4v) is 3.08. The van der Waals surface area contributed by atoms with E-state index in [0.717, 1.165) is 13.0 Å². The summed E-state index contributed by atoms with van der Waals surface area (Å²) in [5.41, 5.74) is 0.873. The third-order valence-electron chi connectivity index (χ3n) is 3.50. The highest BCUT2D eigenvalue weighted by molar-refractivity contribution is 7.90. The molecule has 0 unspecified atom stereocenters.